The van der Waals surface area contributed by atoms with Crippen molar-refractivity contribution in [2.75, 3.05) is 6.54 Å². The molecule has 7 heteroatoms. The average Bonchev–Trinajstić information content (AvgIpc) is 3.23. The number of nitrogens with zero attached hydrogens (tertiary/aromatic N) is 3. The first-order chi connectivity index (χ1) is 11.5. The van der Waals surface area contributed by atoms with Crippen LogP contribution in [0.5, 0.6) is 0 Å². The Kier molecular flexibility index (Phi) is 4.50. The van der Waals surface area contributed by atoms with Crippen molar-refractivity contribution in [2.24, 2.45) is 0 Å². The van der Waals surface area contributed by atoms with Gasteiger partial charge in [0, 0.05) is 24.2 Å². The van der Waals surface area contributed by atoms with Crippen LogP contribution in [-0.4, -0.2) is 27.4 Å². The van der Waals surface area contributed by atoms with Gasteiger partial charge in [-0.05, 0) is 39.0 Å². The second-order valence-corrected chi connectivity index (χ2v) is 5.74. The third kappa shape index (κ3) is 3.40. The summed E-state index contributed by atoms with van der Waals surface area (Å²) in [5.74, 6) is 1.20. The lowest BCUT2D eigenvalue weighted by Crippen LogP contribution is -2.27. The van der Waals surface area contributed by atoms with Crippen LogP contribution in [0.4, 0.5) is 0 Å². The Bertz CT molecular complexity index is 830. The third-order valence-electron chi connectivity index (χ3n) is 3.85. The summed E-state index contributed by atoms with van der Waals surface area (Å²) in [5, 5.41) is 11.2. The zero-order valence-electron chi connectivity index (χ0n) is 14.0. The number of rotatable bonds is 6. The lowest BCUT2D eigenvalue weighted by atomic mass is 10.2. The summed E-state index contributed by atoms with van der Waals surface area (Å²) in [6.07, 6.45) is 2.24. The highest BCUT2D eigenvalue weighted by molar-refractivity contribution is 5.93. The minimum absolute atomic E-state index is 0.255. The van der Waals surface area contributed by atoms with Crippen LogP contribution < -0.4 is 5.32 Å². The highest BCUT2D eigenvalue weighted by Gasteiger charge is 2.20. The zero-order valence-corrected chi connectivity index (χ0v) is 14.0. The van der Waals surface area contributed by atoms with Crippen LogP contribution in [0.25, 0.3) is 0 Å². The number of hydrogen-bond donors (Lipinski definition) is 1. The molecule has 0 bridgehead atoms. The topological polar surface area (TPSA) is 86.1 Å². The Morgan fingerprint density at radius 2 is 2.17 bits per heavy atom. The Morgan fingerprint density at radius 3 is 2.83 bits per heavy atom. The second kappa shape index (κ2) is 6.74. The fraction of sp³-hybridized carbons (Fsp3) is 0.353. The monoisotopic (exact) mass is 328 g/mol. The molecule has 24 heavy (non-hydrogen) atoms. The van der Waals surface area contributed by atoms with Crippen molar-refractivity contribution in [3.8, 4) is 0 Å². The molecule has 0 aliphatic rings. The highest BCUT2D eigenvalue weighted by Crippen LogP contribution is 2.16. The van der Waals surface area contributed by atoms with E-state index in [-0.39, 0.29) is 5.91 Å². The molecular weight excluding hydrogens is 308 g/mol. The SMILES string of the molecule is Cc1cc(C)n(Cc2c(C(=O)NCCc3ccco3)noc2C)n1. The molecule has 0 aliphatic heterocycles. The molecule has 0 atom stereocenters. The predicted molar refractivity (Wildman–Crippen MR) is 86.8 cm³/mol. The molecule has 0 radical (unpaired) electrons. The van der Waals surface area contributed by atoms with Crippen LogP contribution in [0.3, 0.4) is 0 Å². The summed E-state index contributed by atoms with van der Waals surface area (Å²) in [6.45, 7) is 6.64. The summed E-state index contributed by atoms with van der Waals surface area (Å²) < 4.78 is 12.3. The molecule has 1 amide bonds. The quantitative estimate of drug-likeness (QED) is 0.751. The molecule has 126 valence electrons. The molecule has 0 aliphatic carbocycles. The van der Waals surface area contributed by atoms with Crippen molar-refractivity contribution in [3.63, 3.8) is 0 Å². The number of aromatic nitrogens is 3. The van der Waals surface area contributed by atoms with Gasteiger partial charge < -0.3 is 14.3 Å². The van der Waals surface area contributed by atoms with E-state index in [1.54, 1.807) is 13.2 Å². The normalized spacial score (nSPS) is 11.0. The van der Waals surface area contributed by atoms with Gasteiger partial charge in [0.15, 0.2) is 5.69 Å². The fourth-order valence-electron chi connectivity index (χ4n) is 2.58. The summed E-state index contributed by atoms with van der Waals surface area (Å²) in [4.78, 5) is 12.4. The summed E-state index contributed by atoms with van der Waals surface area (Å²) in [7, 11) is 0. The van der Waals surface area contributed by atoms with Gasteiger partial charge >= 0.3 is 0 Å². The molecule has 0 fully saturated rings. The molecule has 3 heterocycles. The maximum atomic E-state index is 12.4. The van der Waals surface area contributed by atoms with Crippen LogP contribution in [0.15, 0.2) is 33.4 Å². The molecule has 1 N–H and O–H groups in total. The van der Waals surface area contributed by atoms with E-state index in [0.717, 1.165) is 22.7 Å². The zero-order chi connectivity index (χ0) is 17.1. The van der Waals surface area contributed by atoms with Gasteiger partial charge in [0.25, 0.3) is 5.91 Å². The summed E-state index contributed by atoms with van der Waals surface area (Å²) >= 11 is 0. The smallest absolute Gasteiger partial charge is 0.273 e. The Morgan fingerprint density at radius 1 is 1.33 bits per heavy atom. The molecule has 3 aromatic rings. The van der Waals surface area contributed by atoms with E-state index < -0.39 is 0 Å². The standard InChI is InChI=1S/C17H20N4O3/c1-11-9-12(2)21(19-11)10-15-13(3)24-20-16(15)17(22)18-7-6-14-5-4-8-23-14/h4-5,8-9H,6-7,10H2,1-3H3,(H,18,22). The van der Waals surface area contributed by atoms with Crippen molar-refractivity contribution in [1.29, 1.82) is 0 Å². The number of carbonyl (C=O) groups is 1. The second-order valence-electron chi connectivity index (χ2n) is 5.74. The van der Waals surface area contributed by atoms with Gasteiger partial charge in [-0.15, -0.1) is 0 Å². The summed E-state index contributed by atoms with van der Waals surface area (Å²) in [6, 6.07) is 5.69. The van der Waals surface area contributed by atoms with Crippen molar-refractivity contribution < 1.29 is 13.7 Å². The number of carbonyl (C=O) groups excluding carboxylic acids is 1. The molecule has 3 aromatic heterocycles. The molecule has 0 spiro atoms. The Hall–Kier alpha value is -2.83. The van der Waals surface area contributed by atoms with E-state index in [4.69, 9.17) is 8.94 Å². The van der Waals surface area contributed by atoms with Gasteiger partial charge in [0.1, 0.15) is 11.5 Å². The highest BCUT2D eigenvalue weighted by atomic mass is 16.5. The van der Waals surface area contributed by atoms with Gasteiger partial charge in [-0.25, -0.2) is 0 Å². The summed E-state index contributed by atoms with van der Waals surface area (Å²) in [5.41, 5.74) is 3.01. The van der Waals surface area contributed by atoms with E-state index in [9.17, 15) is 4.79 Å². The van der Waals surface area contributed by atoms with Crippen LogP contribution in [-0.2, 0) is 13.0 Å². The Balaban J connectivity index is 1.69. The van der Waals surface area contributed by atoms with E-state index >= 15 is 0 Å². The first-order valence-electron chi connectivity index (χ1n) is 7.81. The number of amides is 1. The van der Waals surface area contributed by atoms with E-state index in [0.29, 0.717) is 31.0 Å². The van der Waals surface area contributed by atoms with E-state index in [2.05, 4.69) is 15.6 Å². The lowest BCUT2D eigenvalue weighted by Gasteiger charge is -2.06. The minimum Gasteiger partial charge on any atom is -0.469 e. The van der Waals surface area contributed by atoms with Crippen LogP contribution >= 0.6 is 0 Å². The van der Waals surface area contributed by atoms with Gasteiger partial charge in [0.2, 0.25) is 0 Å². The Labute approximate surface area is 139 Å². The van der Waals surface area contributed by atoms with Crippen molar-refractivity contribution in [2.45, 2.75) is 33.7 Å². The van der Waals surface area contributed by atoms with Gasteiger partial charge in [-0.3, -0.25) is 9.48 Å². The molecule has 0 saturated carbocycles. The predicted octanol–water partition coefficient (Wildman–Crippen LogP) is 2.41. The van der Waals surface area contributed by atoms with E-state index in [1.807, 2.05) is 36.7 Å². The van der Waals surface area contributed by atoms with Crippen LogP contribution in [0.1, 0.15) is 39.0 Å². The molecular formula is C17H20N4O3. The maximum absolute atomic E-state index is 12.4. The van der Waals surface area contributed by atoms with Crippen molar-refractivity contribution in [1.82, 2.24) is 20.3 Å². The third-order valence-corrected chi connectivity index (χ3v) is 3.85. The minimum atomic E-state index is -0.255. The van der Waals surface area contributed by atoms with Crippen molar-refractivity contribution in [3.05, 3.63) is 58.6 Å². The van der Waals surface area contributed by atoms with Crippen LogP contribution in [0.2, 0.25) is 0 Å². The van der Waals surface area contributed by atoms with Crippen LogP contribution in [0, 0.1) is 20.8 Å². The lowest BCUT2D eigenvalue weighted by molar-refractivity contribution is 0.0943. The van der Waals surface area contributed by atoms with Gasteiger partial charge in [-0.2, -0.15) is 5.10 Å². The number of furan rings is 1. The molecule has 0 unspecified atom stereocenters. The molecule has 0 aromatic carbocycles. The van der Waals surface area contributed by atoms with Crippen molar-refractivity contribution >= 4 is 5.91 Å². The molecule has 7 nitrogen and oxygen atoms in total. The van der Waals surface area contributed by atoms with Gasteiger partial charge in [-0.1, -0.05) is 5.16 Å². The van der Waals surface area contributed by atoms with E-state index in [1.165, 1.54) is 0 Å². The first kappa shape index (κ1) is 16.0. The number of aryl methyl sites for hydroxylation is 3. The maximum Gasteiger partial charge on any atom is 0.273 e. The molecule has 3 rings (SSSR count). The van der Waals surface area contributed by atoms with Gasteiger partial charge in [0.05, 0.1) is 18.5 Å². The first-order valence-corrected chi connectivity index (χ1v) is 7.81. The molecule has 0 saturated heterocycles. The average molecular weight is 328 g/mol. The fourth-order valence-corrected chi connectivity index (χ4v) is 2.58. The number of hydrogen-bond acceptors (Lipinski definition) is 5. The largest absolute Gasteiger partial charge is 0.469 e. The number of nitrogens with one attached hydrogen (secondary N) is 1.